The fourth-order valence-electron chi connectivity index (χ4n) is 1.82. The van der Waals surface area contributed by atoms with Gasteiger partial charge in [-0.25, -0.2) is 0 Å². The highest BCUT2D eigenvalue weighted by Crippen LogP contribution is 2.26. The minimum Gasteiger partial charge on any atom is -0.372 e. The zero-order valence-corrected chi connectivity index (χ0v) is 10.5. The molecule has 1 heterocycles. The average molecular weight is 224 g/mol. The molecule has 1 unspecified atom stereocenters. The monoisotopic (exact) mass is 224 g/mol. The van der Waals surface area contributed by atoms with Crippen molar-refractivity contribution in [3.05, 3.63) is 0 Å². The zero-order valence-electron chi connectivity index (χ0n) is 10.5. The molecule has 1 rings (SSSR count). The molecule has 0 saturated carbocycles. The maximum absolute atomic E-state index is 12.2. The van der Waals surface area contributed by atoms with Crippen LogP contribution in [0.15, 0.2) is 0 Å². The Morgan fingerprint density at radius 3 is 2.69 bits per heavy atom. The topological polar surface area (TPSA) is 53.3 Å². The minimum atomic E-state index is -0.895. The van der Waals surface area contributed by atoms with Crippen molar-refractivity contribution < 1.29 is 9.53 Å². The third-order valence-electron chi connectivity index (χ3n) is 3.14. The number of morpholine rings is 1. The Balaban J connectivity index is 2.79. The van der Waals surface area contributed by atoms with Gasteiger partial charge in [-0.1, -0.05) is 6.92 Å². The highest BCUT2D eigenvalue weighted by atomic mass is 16.5. The van der Waals surface area contributed by atoms with Crippen LogP contribution < -0.4 is 0 Å². The minimum absolute atomic E-state index is 0.0751. The number of carbonyl (C=O) groups is 1. The number of carbonyl (C=O) groups excluding carboxylic acids is 1. The first-order valence-corrected chi connectivity index (χ1v) is 5.69. The normalized spacial score (nSPS) is 23.3. The van der Waals surface area contributed by atoms with E-state index in [0.717, 1.165) is 0 Å². The molecule has 16 heavy (non-hydrogen) atoms. The lowest BCUT2D eigenvalue weighted by Crippen LogP contribution is -2.54. The van der Waals surface area contributed by atoms with Crippen molar-refractivity contribution in [1.29, 1.82) is 5.26 Å². The van der Waals surface area contributed by atoms with Crippen molar-refractivity contribution in [3.63, 3.8) is 0 Å². The van der Waals surface area contributed by atoms with E-state index in [1.165, 1.54) is 0 Å². The van der Waals surface area contributed by atoms with Crippen LogP contribution in [-0.2, 0) is 9.53 Å². The van der Waals surface area contributed by atoms with Gasteiger partial charge in [0.1, 0.15) is 5.41 Å². The van der Waals surface area contributed by atoms with Gasteiger partial charge in [0.15, 0.2) is 0 Å². The first-order chi connectivity index (χ1) is 7.34. The molecular weight excluding hydrogens is 204 g/mol. The molecule has 1 fully saturated rings. The summed E-state index contributed by atoms with van der Waals surface area (Å²) >= 11 is 0. The predicted octanol–water partition coefficient (Wildman–Crippen LogP) is 1.56. The molecular formula is C12H20N2O2. The van der Waals surface area contributed by atoms with Gasteiger partial charge in [0.25, 0.3) is 0 Å². The molecule has 4 nitrogen and oxygen atoms in total. The molecule has 0 aromatic heterocycles. The molecule has 90 valence electrons. The molecule has 0 aromatic carbocycles. The molecule has 1 amide bonds. The van der Waals surface area contributed by atoms with Gasteiger partial charge in [0.2, 0.25) is 5.91 Å². The Bertz CT molecular complexity index is 319. The SMILES string of the molecule is CCC(C)(C#N)C(=O)N1CCOC(C)(C)C1. The van der Waals surface area contributed by atoms with Gasteiger partial charge >= 0.3 is 0 Å². The Kier molecular flexibility index (Phi) is 3.59. The summed E-state index contributed by atoms with van der Waals surface area (Å²) < 4.78 is 5.55. The lowest BCUT2D eigenvalue weighted by molar-refractivity contribution is -0.152. The van der Waals surface area contributed by atoms with Crippen LogP contribution in [-0.4, -0.2) is 36.1 Å². The van der Waals surface area contributed by atoms with Gasteiger partial charge in [0.05, 0.1) is 18.3 Å². The van der Waals surface area contributed by atoms with Crippen LogP contribution in [0.25, 0.3) is 0 Å². The number of nitriles is 1. The largest absolute Gasteiger partial charge is 0.372 e. The van der Waals surface area contributed by atoms with Gasteiger partial charge in [0, 0.05) is 13.1 Å². The van der Waals surface area contributed by atoms with Crippen molar-refractivity contribution in [3.8, 4) is 6.07 Å². The summed E-state index contributed by atoms with van der Waals surface area (Å²) in [5.74, 6) is -0.0751. The van der Waals surface area contributed by atoms with Crippen LogP contribution in [0.5, 0.6) is 0 Å². The maximum atomic E-state index is 12.2. The smallest absolute Gasteiger partial charge is 0.242 e. The molecule has 0 aliphatic carbocycles. The second-order valence-electron chi connectivity index (χ2n) is 5.13. The molecule has 0 bridgehead atoms. The Morgan fingerprint density at radius 2 is 2.25 bits per heavy atom. The Labute approximate surface area is 97.2 Å². The van der Waals surface area contributed by atoms with Gasteiger partial charge < -0.3 is 9.64 Å². The second kappa shape index (κ2) is 4.42. The fraction of sp³-hybridized carbons (Fsp3) is 0.833. The molecule has 0 radical (unpaired) electrons. The third-order valence-corrected chi connectivity index (χ3v) is 3.14. The van der Waals surface area contributed by atoms with Crippen molar-refractivity contribution in [2.24, 2.45) is 5.41 Å². The summed E-state index contributed by atoms with van der Waals surface area (Å²) in [5.41, 5.74) is -1.20. The third kappa shape index (κ3) is 2.53. The molecule has 0 aromatic rings. The van der Waals surface area contributed by atoms with E-state index in [1.807, 2.05) is 20.8 Å². The molecule has 0 spiro atoms. The molecule has 1 atom stereocenters. The quantitative estimate of drug-likeness (QED) is 0.715. The Morgan fingerprint density at radius 1 is 1.62 bits per heavy atom. The van der Waals surface area contributed by atoms with E-state index in [2.05, 4.69) is 6.07 Å². The van der Waals surface area contributed by atoms with Gasteiger partial charge in [-0.2, -0.15) is 5.26 Å². The predicted molar refractivity (Wildman–Crippen MR) is 60.6 cm³/mol. The van der Waals surface area contributed by atoms with Crippen molar-refractivity contribution in [2.45, 2.75) is 39.7 Å². The average Bonchev–Trinajstić information content (AvgIpc) is 2.25. The summed E-state index contributed by atoms with van der Waals surface area (Å²) in [5, 5.41) is 9.09. The standard InChI is InChI=1S/C12H20N2O2/c1-5-12(4,8-13)10(15)14-6-7-16-11(2,3)9-14/h5-7,9H2,1-4H3. The van der Waals surface area contributed by atoms with E-state index in [-0.39, 0.29) is 11.5 Å². The van der Waals surface area contributed by atoms with E-state index >= 15 is 0 Å². The number of ether oxygens (including phenoxy) is 1. The van der Waals surface area contributed by atoms with Crippen LogP contribution in [0.4, 0.5) is 0 Å². The summed E-state index contributed by atoms with van der Waals surface area (Å²) in [7, 11) is 0. The van der Waals surface area contributed by atoms with Crippen LogP contribution in [0.1, 0.15) is 34.1 Å². The van der Waals surface area contributed by atoms with Crippen molar-refractivity contribution >= 4 is 5.91 Å². The van der Waals surface area contributed by atoms with Crippen LogP contribution >= 0.6 is 0 Å². The Hall–Kier alpha value is -1.08. The fourth-order valence-corrected chi connectivity index (χ4v) is 1.82. The molecule has 0 N–H and O–H groups in total. The molecule has 1 aliphatic heterocycles. The van der Waals surface area contributed by atoms with Gasteiger partial charge in [-0.3, -0.25) is 4.79 Å². The lowest BCUT2D eigenvalue weighted by atomic mass is 9.87. The van der Waals surface area contributed by atoms with E-state index in [4.69, 9.17) is 10.00 Å². The highest BCUT2D eigenvalue weighted by molar-refractivity contribution is 5.85. The van der Waals surface area contributed by atoms with Crippen molar-refractivity contribution in [1.82, 2.24) is 4.90 Å². The number of hydrogen-bond donors (Lipinski definition) is 0. The first-order valence-electron chi connectivity index (χ1n) is 5.69. The lowest BCUT2D eigenvalue weighted by Gasteiger charge is -2.40. The second-order valence-corrected chi connectivity index (χ2v) is 5.13. The maximum Gasteiger partial charge on any atom is 0.242 e. The molecule has 1 aliphatic rings. The molecule has 4 heteroatoms. The van der Waals surface area contributed by atoms with Gasteiger partial charge in [-0.15, -0.1) is 0 Å². The van der Waals surface area contributed by atoms with Crippen LogP contribution in [0, 0.1) is 16.7 Å². The van der Waals surface area contributed by atoms with E-state index < -0.39 is 5.41 Å². The van der Waals surface area contributed by atoms with E-state index in [0.29, 0.717) is 26.1 Å². The van der Waals surface area contributed by atoms with Crippen LogP contribution in [0.2, 0.25) is 0 Å². The van der Waals surface area contributed by atoms with E-state index in [1.54, 1.807) is 11.8 Å². The molecule has 1 saturated heterocycles. The van der Waals surface area contributed by atoms with E-state index in [9.17, 15) is 4.79 Å². The number of rotatable bonds is 2. The van der Waals surface area contributed by atoms with Crippen molar-refractivity contribution in [2.75, 3.05) is 19.7 Å². The summed E-state index contributed by atoms with van der Waals surface area (Å²) in [6.45, 7) is 9.18. The highest BCUT2D eigenvalue weighted by Gasteiger charge is 2.39. The van der Waals surface area contributed by atoms with Crippen LogP contribution in [0.3, 0.4) is 0 Å². The zero-order chi connectivity index (χ0) is 12.4. The summed E-state index contributed by atoms with van der Waals surface area (Å²) in [4.78, 5) is 14.0. The number of amides is 1. The van der Waals surface area contributed by atoms with Gasteiger partial charge in [-0.05, 0) is 27.2 Å². The summed E-state index contributed by atoms with van der Waals surface area (Å²) in [6, 6.07) is 2.12. The summed E-state index contributed by atoms with van der Waals surface area (Å²) in [6.07, 6.45) is 0.542. The first kappa shape index (κ1) is 13.0. The number of hydrogen-bond acceptors (Lipinski definition) is 3. The number of nitrogens with zero attached hydrogens (tertiary/aromatic N) is 2.